The Morgan fingerprint density at radius 1 is 0.875 bits per heavy atom. The molecule has 3 heterocycles. The van der Waals surface area contributed by atoms with E-state index in [2.05, 4.69) is 0 Å². The highest BCUT2D eigenvalue weighted by Crippen LogP contribution is 2.29. The molecular formula is C23H35N5O4. The zero-order valence-corrected chi connectivity index (χ0v) is 19.3. The summed E-state index contributed by atoms with van der Waals surface area (Å²) in [5.41, 5.74) is -0.690. The third-order valence-electron chi connectivity index (χ3n) is 7.44. The van der Waals surface area contributed by atoms with Crippen molar-refractivity contribution >= 4 is 17.6 Å². The van der Waals surface area contributed by atoms with Crippen LogP contribution in [0, 0.1) is 5.92 Å². The molecule has 4 rings (SSSR count). The normalized spacial score (nSPS) is 23.4. The molecular weight excluding hydrogens is 410 g/mol. The van der Waals surface area contributed by atoms with E-state index in [1.807, 2.05) is 14.7 Å². The molecule has 1 saturated carbocycles. The lowest BCUT2D eigenvalue weighted by Crippen LogP contribution is -2.52. The van der Waals surface area contributed by atoms with E-state index in [9.17, 15) is 19.2 Å². The molecule has 176 valence electrons. The Hall–Kier alpha value is -2.58. The van der Waals surface area contributed by atoms with Gasteiger partial charge in [0, 0.05) is 65.3 Å². The van der Waals surface area contributed by atoms with Gasteiger partial charge in [-0.3, -0.25) is 23.5 Å². The summed E-state index contributed by atoms with van der Waals surface area (Å²) in [5.74, 6) is 0.511. The highest BCUT2D eigenvalue weighted by atomic mass is 16.2. The van der Waals surface area contributed by atoms with Crippen molar-refractivity contribution in [2.45, 2.75) is 57.4 Å². The van der Waals surface area contributed by atoms with Gasteiger partial charge in [0.2, 0.25) is 11.8 Å². The summed E-state index contributed by atoms with van der Waals surface area (Å²) in [7, 11) is 3.12. The van der Waals surface area contributed by atoms with Crippen LogP contribution in [0.2, 0.25) is 0 Å². The molecule has 0 radical (unpaired) electrons. The van der Waals surface area contributed by atoms with Gasteiger partial charge >= 0.3 is 5.69 Å². The highest BCUT2D eigenvalue weighted by Gasteiger charge is 2.40. The molecule has 0 spiro atoms. The minimum atomic E-state index is -0.357. The molecule has 32 heavy (non-hydrogen) atoms. The van der Waals surface area contributed by atoms with Crippen molar-refractivity contribution in [1.82, 2.24) is 18.9 Å². The molecule has 1 aromatic heterocycles. The maximum Gasteiger partial charge on any atom is 0.332 e. The van der Waals surface area contributed by atoms with Gasteiger partial charge in [0.1, 0.15) is 5.82 Å². The largest absolute Gasteiger partial charge is 0.354 e. The minimum absolute atomic E-state index is 0.0595. The average molecular weight is 446 g/mol. The number of hydrogen-bond acceptors (Lipinski definition) is 5. The van der Waals surface area contributed by atoms with Gasteiger partial charge in [-0.05, 0) is 12.8 Å². The fourth-order valence-corrected chi connectivity index (χ4v) is 5.44. The third kappa shape index (κ3) is 4.47. The Morgan fingerprint density at radius 2 is 1.50 bits per heavy atom. The van der Waals surface area contributed by atoms with E-state index < -0.39 is 0 Å². The third-order valence-corrected chi connectivity index (χ3v) is 7.44. The van der Waals surface area contributed by atoms with Gasteiger partial charge in [-0.2, -0.15) is 0 Å². The van der Waals surface area contributed by atoms with Crippen LogP contribution in [0.3, 0.4) is 0 Å². The Labute approximate surface area is 188 Å². The van der Waals surface area contributed by atoms with Crippen molar-refractivity contribution in [2.24, 2.45) is 20.0 Å². The lowest BCUT2D eigenvalue weighted by atomic mass is 9.96. The first-order valence-electron chi connectivity index (χ1n) is 12.0. The number of carbonyl (C=O) groups is 2. The second kappa shape index (κ2) is 9.50. The molecule has 9 heteroatoms. The Bertz CT molecular complexity index is 968. The smallest absolute Gasteiger partial charge is 0.332 e. The van der Waals surface area contributed by atoms with Crippen LogP contribution in [0.1, 0.15) is 51.4 Å². The van der Waals surface area contributed by atoms with Gasteiger partial charge < -0.3 is 14.7 Å². The Morgan fingerprint density at radius 3 is 2.16 bits per heavy atom. The summed E-state index contributed by atoms with van der Waals surface area (Å²) < 4.78 is 2.56. The monoisotopic (exact) mass is 445 g/mol. The Balaban J connectivity index is 1.36. The van der Waals surface area contributed by atoms with Crippen molar-refractivity contribution in [1.29, 1.82) is 0 Å². The van der Waals surface area contributed by atoms with Gasteiger partial charge in [0.05, 0.1) is 5.92 Å². The van der Waals surface area contributed by atoms with Crippen molar-refractivity contribution in [3.8, 4) is 0 Å². The topological polar surface area (TPSA) is 87.9 Å². The quantitative estimate of drug-likeness (QED) is 0.683. The number of aromatic nitrogens is 2. The van der Waals surface area contributed by atoms with Crippen LogP contribution in [0.25, 0.3) is 0 Å². The van der Waals surface area contributed by atoms with E-state index in [0.717, 1.165) is 17.4 Å². The van der Waals surface area contributed by atoms with E-state index in [1.54, 1.807) is 7.05 Å². The number of hydrogen-bond donors (Lipinski definition) is 0. The van der Waals surface area contributed by atoms with Crippen molar-refractivity contribution in [2.75, 3.05) is 37.6 Å². The summed E-state index contributed by atoms with van der Waals surface area (Å²) in [6, 6.07) is 1.76. The zero-order chi connectivity index (χ0) is 22.8. The van der Waals surface area contributed by atoms with Crippen molar-refractivity contribution in [3.63, 3.8) is 0 Å². The molecule has 3 aliphatic rings. The molecule has 2 amide bonds. The molecule has 9 nitrogen and oxygen atoms in total. The second-order valence-corrected chi connectivity index (χ2v) is 9.50. The van der Waals surface area contributed by atoms with E-state index in [1.165, 1.54) is 49.8 Å². The predicted molar refractivity (Wildman–Crippen MR) is 122 cm³/mol. The van der Waals surface area contributed by atoms with Crippen molar-refractivity contribution < 1.29 is 9.59 Å². The van der Waals surface area contributed by atoms with E-state index >= 15 is 0 Å². The second-order valence-electron chi connectivity index (χ2n) is 9.50. The van der Waals surface area contributed by atoms with Gasteiger partial charge in [-0.1, -0.05) is 32.1 Å². The van der Waals surface area contributed by atoms with Gasteiger partial charge in [-0.15, -0.1) is 0 Å². The van der Waals surface area contributed by atoms with Crippen molar-refractivity contribution in [3.05, 3.63) is 26.9 Å². The van der Waals surface area contributed by atoms with Crippen LogP contribution in [0.4, 0.5) is 5.82 Å². The lowest BCUT2D eigenvalue weighted by molar-refractivity contribution is -0.136. The molecule has 0 N–H and O–H groups in total. The minimum Gasteiger partial charge on any atom is -0.354 e. The van der Waals surface area contributed by atoms with Crippen LogP contribution in [0.15, 0.2) is 15.7 Å². The first-order valence-corrected chi connectivity index (χ1v) is 12.0. The standard InChI is InChI=1S/C23H35N5O4/c1-24-19(15-20(29)25(2)23(24)32)26-10-12-27(13-11-26)22(31)17-14-21(30)28(16-17)18-8-6-4-3-5-7-9-18/h15,17-18H,3-14,16H2,1-2H3. The molecule has 1 atom stereocenters. The van der Waals surface area contributed by atoms with Crippen LogP contribution >= 0.6 is 0 Å². The van der Waals surface area contributed by atoms with E-state index in [-0.39, 0.29) is 29.0 Å². The van der Waals surface area contributed by atoms with Crippen LogP contribution in [-0.4, -0.2) is 69.5 Å². The number of piperazine rings is 1. The average Bonchev–Trinajstić information content (AvgIpc) is 3.16. The maximum atomic E-state index is 13.2. The summed E-state index contributed by atoms with van der Waals surface area (Å²) in [5, 5.41) is 0. The molecule has 2 saturated heterocycles. The predicted octanol–water partition coefficient (Wildman–Crippen LogP) is 0.694. The number of rotatable bonds is 3. The molecule has 1 aliphatic carbocycles. The first kappa shape index (κ1) is 22.6. The van der Waals surface area contributed by atoms with Gasteiger partial charge in [0.15, 0.2) is 0 Å². The maximum absolute atomic E-state index is 13.2. The number of likely N-dealkylation sites (tertiary alicyclic amines) is 1. The lowest BCUT2D eigenvalue weighted by Gasteiger charge is -2.37. The summed E-state index contributed by atoms with van der Waals surface area (Å²) in [6.45, 7) is 2.71. The van der Waals surface area contributed by atoms with E-state index in [0.29, 0.717) is 51.0 Å². The molecule has 1 unspecified atom stereocenters. The SMILES string of the molecule is Cn1c(N2CCN(C(=O)C3CC(=O)N(C4CCCCCCC4)C3)CC2)cc(=O)n(C)c1=O. The highest BCUT2D eigenvalue weighted by molar-refractivity contribution is 5.89. The fraction of sp³-hybridized carbons (Fsp3) is 0.739. The number of amides is 2. The Kier molecular flexibility index (Phi) is 6.71. The first-order chi connectivity index (χ1) is 15.4. The van der Waals surface area contributed by atoms with Gasteiger partial charge in [-0.25, -0.2) is 4.79 Å². The van der Waals surface area contributed by atoms with Gasteiger partial charge in [0.25, 0.3) is 5.56 Å². The number of carbonyl (C=O) groups excluding carboxylic acids is 2. The molecule has 3 fully saturated rings. The van der Waals surface area contributed by atoms with E-state index in [4.69, 9.17) is 0 Å². The molecule has 0 bridgehead atoms. The summed E-state index contributed by atoms with van der Waals surface area (Å²) in [4.78, 5) is 56.0. The zero-order valence-electron chi connectivity index (χ0n) is 19.3. The molecule has 2 aliphatic heterocycles. The molecule has 0 aromatic carbocycles. The number of anilines is 1. The molecule has 1 aromatic rings. The number of nitrogens with zero attached hydrogens (tertiary/aromatic N) is 5. The summed E-state index contributed by atoms with van der Waals surface area (Å²) in [6.07, 6.45) is 8.54. The fourth-order valence-electron chi connectivity index (χ4n) is 5.44. The van der Waals surface area contributed by atoms with Crippen LogP contribution < -0.4 is 16.1 Å². The van der Waals surface area contributed by atoms with Crippen LogP contribution in [0.5, 0.6) is 0 Å². The summed E-state index contributed by atoms with van der Waals surface area (Å²) >= 11 is 0. The van der Waals surface area contributed by atoms with Crippen LogP contribution in [-0.2, 0) is 23.7 Å².